The number of hydrogen-bond acceptors (Lipinski definition) is 3. The van der Waals surface area contributed by atoms with Gasteiger partial charge in [-0.15, -0.1) is 0 Å². The van der Waals surface area contributed by atoms with Gasteiger partial charge in [0.15, 0.2) is 10.9 Å². The molecule has 0 bridgehead atoms. The van der Waals surface area contributed by atoms with Gasteiger partial charge in [-0.3, -0.25) is 4.68 Å². The molecule has 0 radical (unpaired) electrons. The minimum atomic E-state index is 0.542. The predicted molar refractivity (Wildman–Crippen MR) is 70.4 cm³/mol. The second-order valence-corrected chi connectivity index (χ2v) is 4.90. The van der Waals surface area contributed by atoms with Crippen LogP contribution in [0.5, 0.6) is 0 Å². The first kappa shape index (κ1) is 12.3. The average molecular weight is 253 g/mol. The van der Waals surface area contributed by atoms with Crippen molar-refractivity contribution >= 4 is 17.3 Å². The highest BCUT2D eigenvalue weighted by atomic mass is 32.1. The van der Waals surface area contributed by atoms with Crippen molar-refractivity contribution in [3.05, 3.63) is 12.2 Å². The number of rotatable bonds is 3. The Hall–Kier alpha value is -1.17. The average Bonchev–Trinajstić information content (AvgIpc) is 2.74. The first-order valence-electron chi connectivity index (χ1n) is 6.13. The van der Waals surface area contributed by atoms with Gasteiger partial charge in [-0.1, -0.05) is 19.3 Å². The lowest BCUT2D eigenvalue weighted by Gasteiger charge is -2.24. The van der Waals surface area contributed by atoms with Crippen LogP contribution in [0, 0.1) is 0 Å². The molecule has 6 heteroatoms. The molecule has 1 heterocycles. The summed E-state index contributed by atoms with van der Waals surface area (Å²) in [5.41, 5.74) is 0. The van der Waals surface area contributed by atoms with Crippen molar-refractivity contribution in [3.63, 3.8) is 0 Å². The molecule has 0 amide bonds. The van der Waals surface area contributed by atoms with Gasteiger partial charge in [0, 0.05) is 13.1 Å². The van der Waals surface area contributed by atoms with Crippen molar-refractivity contribution in [2.45, 2.75) is 44.7 Å². The highest BCUT2D eigenvalue weighted by Gasteiger charge is 2.13. The Kier molecular flexibility index (Phi) is 4.30. The van der Waals surface area contributed by atoms with Crippen LogP contribution in [0.2, 0.25) is 0 Å². The fourth-order valence-electron chi connectivity index (χ4n) is 2.11. The third-order valence-electron chi connectivity index (χ3n) is 2.99. The topological polar surface area (TPSA) is 54.8 Å². The Balaban J connectivity index is 1.70. The van der Waals surface area contributed by atoms with Crippen LogP contribution in [-0.4, -0.2) is 25.9 Å². The molecular formula is C11H19N5S. The molecule has 5 nitrogen and oxygen atoms in total. The molecule has 0 saturated heterocycles. The number of aryl methyl sites for hydroxylation is 1. The molecule has 1 aliphatic carbocycles. The van der Waals surface area contributed by atoms with Gasteiger partial charge in [0.2, 0.25) is 0 Å². The van der Waals surface area contributed by atoms with E-state index >= 15 is 0 Å². The minimum absolute atomic E-state index is 0.542. The molecule has 94 valence electrons. The number of hydrogen-bond donors (Lipinski definition) is 2. The summed E-state index contributed by atoms with van der Waals surface area (Å²) in [7, 11) is 1.86. The van der Waals surface area contributed by atoms with E-state index in [0.717, 1.165) is 5.82 Å². The van der Waals surface area contributed by atoms with Crippen LogP contribution in [0.3, 0.4) is 0 Å². The molecule has 2 rings (SSSR count). The van der Waals surface area contributed by atoms with Crippen molar-refractivity contribution in [3.8, 4) is 0 Å². The molecule has 1 aromatic heterocycles. The second-order valence-electron chi connectivity index (χ2n) is 4.50. The van der Waals surface area contributed by atoms with Crippen molar-refractivity contribution < 1.29 is 0 Å². The quantitative estimate of drug-likeness (QED) is 0.790. The molecule has 17 heavy (non-hydrogen) atoms. The molecule has 0 aliphatic heterocycles. The highest BCUT2D eigenvalue weighted by molar-refractivity contribution is 7.80. The van der Waals surface area contributed by atoms with E-state index < -0.39 is 0 Å². The summed E-state index contributed by atoms with van der Waals surface area (Å²) >= 11 is 5.26. The summed E-state index contributed by atoms with van der Waals surface area (Å²) in [6, 6.07) is 0.542. The van der Waals surface area contributed by atoms with Crippen LogP contribution >= 0.6 is 12.2 Å². The van der Waals surface area contributed by atoms with Gasteiger partial charge < -0.3 is 10.6 Å². The van der Waals surface area contributed by atoms with Crippen molar-refractivity contribution in [2.75, 3.05) is 0 Å². The number of nitrogens with zero attached hydrogens (tertiary/aromatic N) is 3. The largest absolute Gasteiger partial charge is 0.360 e. The van der Waals surface area contributed by atoms with Crippen LogP contribution in [-0.2, 0) is 13.6 Å². The zero-order chi connectivity index (χ0) is 12.1. The summed E-state index contributed by atoms with van der Waals surface area (Å²) in [5.74, 6) is 0.764. The molecule has 2 N–H and O–H groups in total. The van der Waals surface area contributed by atoms with Gasteiger partial charge in [-0.2, -0.15) is 5.10 Å². The standard InChI is InChI=1S/C11H19N5S/c1-16-8-13-10(15-16)7-12-11(17)14-9-5-3-2-4-6-9/h8-9H,2-7H2,1H3,(H2,12,14,17). The highest BCUT2D eigenvalue weighted by Crippen LogP contribution is 2.17. The lowest BCUT2D eigenvalue weighted by molar-refractivity contribution is 0.412. The molecule has 1 saturated carbocycles. The zero-order valence-electron chi connectivity index (χ0n) is 10.1. The minimum Gasteiger partial charge on any atom is -0.360 e. The maximum atomic E-state index is 5.26. The van der Waals surface area contributed by atoms with Crippen molar-refractivity contribution in [2.24, 2.45) is 7.05 Å². The summed E-state index contributed by atoms with van der Waals surface area (Å²) in [4.78, 5) is 4.14. The molecule has 0 atom stereocenters. The Morgan fingerprint density at radius 1 is 1.47 bits per heavy atom. The Labute approximate surface area is 107 Å². The zero-order valence-corrected chi connectivity index (χ0v) is 11.0. The number of thiocarbonyl (C=S) groups is 1. The van der Waals surface area contributed by atoms with E-state index in [1.54, 1.807) is 11.0 Å². The Bertz CT molecular complexity index is 370. The van der Waals surface area contributed by atoms with Crippen LogP contribution in [0.25, 0.3) is 0 Å². The van der Waals surface area contributed by atoms with E-state index in [-0.39, 0.29) is 0 Å². The smallest absolute Gasteiger partial charge is 0.169 e. The van der Waals surface area contributed by atoms with Gasteiger partial charge in [-0.25, -0.2) is 4.98 Å². The normalized spacial score (nSPS) is 16.8. The van der Waals surface area contributed by atoms with E-state index in [2.05, 4.69) is 20.7 Å². The predicted octanol–water partition coefficient (Wildman–Crippen LogP) is 1.11. The van der Waals surface area contributed by atoms with E-state index in [4.69, 9.17) is 12.2 Å². The third kappa shape index (κ3) is 3.96. The van der Waals surface area contributed by atoms with E-state index in [0.29, 0.717) is 17.7 Å². The molecule has 0 unspecified atom stereocenters. The lowest BCUT2D eigenvalue weighted by atomic mass is 9.96. The maximum Gasteiger partial charge on any atom is 0.169 e. The third-order valence-corrected chi connectivity index (χ3v) is 3.26. The number of aromatic nitrogens is 3. The fourth-order valence-corrected chi connectivity index (χ4v) is 2.35. The van der Waals surface area contributed by atoms with Gasteiger partial charge in [0.25, 0.3) is 0 Å². The van der Waals surface area contributed by atoms with Crippen LogP contribution in [0.15, 0.2) is 6.33 Å². The lowest BCUT2D eigenvalue weighted by Crippen LogP contribution is -2.42. The summed E-state index contributed by atoms with van der Waals surface area (Å²) in [6.45, 7) is 0.583. The van der Waals surface area contributed by atoms with Gasteiger partial charge in [-0.05, 0) is 25.1 Å². The number of nitrogens with one attached hydrogen (secondary N) is 2. The molecular weight excluding hydrogens is 234 g/mol. The van der Waals surface area contributed by atoms with Gasteiger partial charge in [0.1, 0.15) is 6.33 Å². The van der Waals surface area contributed by atoms with E-state index in [1.807, 2.05) is 7.05 Å². The monoisotopic (exact) mass is 253 g/mol. The molecule has 1 aliphatic rings. The van der Waals surface area contributed by atoms with Crippen molar-refractivity contribution in [1.82, 2.24) is 25.4 Å². The van der Waals surface area contributed by atoms with Crippen LogP contribution in [0.1, 0.15) is 37.9 Å². The van der Waals surface area contributed by atoms with Crippen molar-refractivity contribution in [1.29, 1.82) is 0 Å². The second kappa shape index (κ2) is 5.95. The fraction of sp³-hybridized carbons (Fsp3) is 0.727. The first-order valence-corrected chi connectivity index (χ1v) is 6.54. The Morgan fingerprint density at radius 2 is 2.24 bits per heavy atom. The van der Waals surface area contributed by atoms with Crippen LogP contribution in [0.4, 0.5) is 0 Å². The molecule has 1 fully saturated rings. The summed E-state index contributed by atoms with van der Waals surface area (Å²) < 4.78 is 1.69. The SMILES string of the molecule is Cn1cnc(CNC(=S)NC2CCCCC2)n1. The molecule has 0 aromatic carbocycles. The summed E-state index contributed by atoms with van der Waals surface area (Å²) in [5, 5.41) is 11.4. The molecule has 1 aromatic rings. The maximum absolute atomic E-state index is 5.26. The first-order chi connectivity index (χ1) is 8.24. The summed E-state index contributed by atoms with van der Waals surface area (Å²) in [6.07, 6.45) is 8.11. The Morgan fingerprint density at radius 3 is 2.88 bits per heavy atom. The van der Waals surface area contributed by atoms with Crippen LogP contribution < -0.4 is 10.6 Å². The van der Waals surface area contributed by atoms with Gasteiger partial charge >= 0.3 is 0 Å². The van der Waals surface area contributed by atoms with E-state index in [1.165, 1.54) is 32.1 Å². The van der Waals surface area contributed by atoms with Gasteiger partial charge in [0.05, 0.1) is 6.54 Å². The molecule has 0 spiro atoms. The van der Waals surface area contributed by atoms with E-state index in [9.17, 15) is 0 Å².